The molecular weight excluding hydrogens is 284 g/mol. The van der Waals surface area contributed by atoms with E-state index in [-0.39, 0.29) is 5.91 Å². The van der Waals surface area contributed by atoms with Crippen LogP contribution in [0.15, 0.2) is 24.3 Å². The predicted molar refractivity (Wildman–Crippen MR) is 88.4 cm³/mol. The van der Waals surface area contributed by atoms with Crippen molar-refractivity contribution in [3.8, 4) is 0 Å². The van der Waals surface area contributed by atoms with E-state index in [0.717, 1.165) is 22.6 Å². The normalized spacial score (nSPS) is 11.0. The van der Waals surface area contributed by atoms with Crippen LogP contribution in [0.5, 0.6) is 0 Å². The number of anilines is 1. The number of carbonyl (C=O) groups is 1. The number of halogens is 1. The van der Waals surface area contributed by atoms with E-state index in [1.165, 1.54) is 0 Å². The van der Waals surface area contributed by atoms with Crippen LogP contribution in [0.4, 0.5) is 5.69 Å². The zero-order valence-corrected chi connectivity index (χ0v) is 13.9. The zero-order valence-electron chi connectivity index (χ0n) is 13.1. The number of rotatable bonds is 3. The Balaban J connectivity index is 2.33. The summed E-state index contributed by atoms with van der Waals surface area (Å²) in [4.78, 5) is 12.5. The Kier molecular flexibility index (Phi) is 4.43. The summed E-state index contributed by atoms with van der Waals surface area (Å²) < 4.78 is 2.17. The lowest BCUT2D eigenvalue weighted by atomic mass is 10.1. The van der Waals surface area contributed by atoms with Crippen molar-refractivity contribution in [3.05, 3.63) is 51.8 Å². The number of aromatic nitrogens is 1. The van der Waals surface area contributed by atoms with Crippen molar-refractivity contribution in [1.82, 2.24) is 4.57 Å². The lowest BCUT2D eigenvalue weighted by Crippen LogP contribution is -2.14. The molecule has 0 aliphatic carbocycles. The molecule has 0 unspecified atom stereocenters. The summed E-state index contributed by atoms with van der Waals surface area (Å²) in [6.07, 6.45) is 0. The van der Waals surface area contributed by atoms with Crippen molar-refractivity contribution in [2.75, 3.05) is 5.32 Å². The van der Waals surface area contributed by atoms with E-state index in [0.29, 0.717) is 16.6 Å². The molecule has 1 heterocycles. The molecule has 1 aromatic carbocycles. The molecule has 112 valence electrons. The maximum Gasteiger partial charge on any atom is 0.257 e. The number of aryl methyl sites for hydroxylation is 1. The summed E-state index contributed by atoms with van der Waals surface area (Å²) in [6.45, 7) is 10.1. The van der Waals surface area contributed by atoms with Gasteiger partial charge in [-0.25, -0.2) is 0 Å². The van der Waals surface area contributed by atoms with Crippen LogP contribution in [0, 0.1) is 20.8 Å². The molecule has 21 heavy (non-hydrogen) atoms. The van der Waals surface area contributed by atoms with Crippen LogP contribution in [0.25, 0.3) is 0 Å². The van der Waals surface area contributed by atoms with Gasteiger partial charge in [0, 0.05) is 28.1 Å². The molecular formula is C17H21ClN2O. The van der Waals surface area contributed by atoms with Gasteiger partial charge in [-0.2, -0.15) is 0 Å². The summed E-state index contributed by atoms with van der Waals surface area (Å²) in [5, 5.41) is 3.60. The van der Waals surface area contributed by atoms with Gasteiger partial charge in [0.2, 0.25) is 0 Å². The zero-order chi connectivity index (χ0) is 15.7. The van der Waals surface area contributed by atoms with Crippen LogP contribution < -0.4 is 5.32 Å². The first kappa shape index (κ1) is 15.6. The molecule has 0 fully saturated rings. The Morgan fingerprint density at radius 2 is 1.90 bits per heavy atom. The maximum absolute atomic E-state index is 12.5. The first-order valence-electron chi connectivity index (χ1n) is 7.07. The highest BCUT2D eigenvalue weighted by molar-refractivity contribution is 6.31. The third-order valence-corrected chi connectivity index (χ3v) is 4.17. The minimum atomic E-state index is -0.0969. The minimum Gasteiger partial charge on any atom is -0.346 e. The van der Waals surface area contributed by atoms with Gasteiger partial charge in [0.15, 0.2) is 0 Å². The lowest BCUT2D eigenvalue weighted by Gasteiger charge is -2.14. The van der Waals surface area contributed by atoms with Crippen LogP contribution in [0.3, 0.4) is 0 Å². The SMILES string of the molecule is Cc1c(Cl)cccc1NC(=O)c1cc(C)n(C(C)C)c1C. The Morgan fingerprint density at radius 1 is 1.24 bits per heavy atom. The molecule has 1 aromatic heterocycles. The van der Waals surface area contributed by atoms with Gasteiger partial charge < -0.3 is 9.88 Å². The molecule has 1 N–H and O–H groups in total. The van der Waals surface area contributed by atoms with Gasteiger partial charge in [-0.05, 0) is 58.4 Å². The van der Waals surface area contributed by atoms with Crippen molar-refractivity contribution in [2.24, 2.45) is 0 Å². The third kappa shape index (κ3) is 2.98. The molecule has 2 aromatic rings. The standard InChI is InChI=1S/C17H21ClN2O/c1-10(2)20-11(3)9-14(13(20)5)17(21)19-16-8-6-7-15(18)12(16)4/h6-10H,1-5H3,(H,19,21). The predicted octanol–water partition coefficient (Wildman–Crippen LogP) is 4.90. The highest BCUT2D eigenvalue weighted by atomic mass is 35.5. The van der Waals surface area contributed by atoms with Crippen LogP contribution in [-0.2, 0) is 0 Å². The monoisotopic (exact) mass is 304 g/mol. The first-order valence-corrected chi connectivity index (χ1v) is 7.45. The number of nitrogens with one attached hydrogen (secondary N) is 1. The highest BCUT2D eigenvalue weighted by Crippen LogP contribution is 2.25. The van der Waals surface area contributed by atoms with E-state index in [1.54, 1.807) is 0 Å². The fourth-order valence-electron chi connectivity index (χ4n) is 2.73. The van der Waals surface area contributed by atoms with Crippen LogP contribution in [-0.4, -0.2) is 10.5 Å². The van der Waals surface area contributed by atoms with Crippen LogP contribution in [0.2, 0.25) is 5.02 Å². The average molecular weight is 305 g/mol. The fraction of sp³-hybridized carbons (Fsp3) is 0.353. The second kappa shape index (κ2) is 5.94. The summed E-state index contributed by atoms with van der Waals surface area (Å²) in [5.74, 6) is -0.0969. The fourth-order valence-corrected chi connectivity index (χ4v) is 2.91. The topological polar surface area (TPSA) is 34.0 Å². The molecule has 0 aliphatic heterocycles. The second-order valence-corrected chi connectivity index (χ2v) is 6.02. The average Bonchev–Trinajstić information content (AvgIpc) is 2.70. The number of hydrogen-bond acceptors (Lipinski definition) is 1. The van der Waals surface area contributed by atoms with Gasteiger partial charge in [-0.3, -0.25) is 4.79 Å². The molecule has 3 nitrogen and oxygen atoms in total. The molecule has 0 saturated carbocycles. The van der Waals surface area contributed by atoms with Gasteiger partial charge in [0.1, 0.15) is 0 Å². The smallest absolute Gasteiger partial charge is 0.257 e. The van der Waals surface area contributed by atoms with Gasteiger partial charge in [-0.1, -0.05) is 17.7 Å². The summed E-state index contributed by atoms with van der Waals surface area (Å²) in [7, 11) is 0. The molecule has 0 saturated heterocycles. The molecule has 0 spiro atoms. The van der Waals surface area contributed by atoms with Crippen molar-refractivity contribution in [2.45, 2.75) is 40.7 Å². The van der Waals surface area contributed by atoms with E-state index in [2.05, 4.69) is 23.7 Å². The Bertz CT molecular complexity index is 686. The first-order chi connectivity index (χ1) is 9.82. The van der Waals surface area contributed by atoms with Gasteiger partial charge >= 0.3 is 0 Å². The van der Waals surface area contributed by atoms with E-state index in [1.807, 2.05) is 45.0 Å². The molecule has 4 heteroatoms. The van der Waals surface area contributed by atoms with E-state index in [4.69, 9.17) is 11.6 Å². The Hall–Kier alpha value is -1.74. The summed E-state index contributed by atoms with van der Waals surface area (Å²) >= 11 is 6.09. The molecule has 0 aliphatic rings. The number of amides is 1. The number of carbonyl (C=O) groups excluding carboxylic acids is 1. The number of hydrogen-bond donors (Lipinski definition) is 1. The summed E-state index contributed by atoms with van der Waals surface area (Å²) in [5.41, 5.74) is 4.42. The Morgan fingerprint density at radius 3 is 2.48 bits per heavy atom. The Labute approximate surface area is 130 Å². The van der Waals surface area contributed by atoms with Gasteiger partial charge in [0.05, 0.1) is 5.56 Å². The van der Waals surface area contributed by atoms with Crippen molar-refractivity contribution in [3.63, 3.8) is 0 Å². The number of nitrogens with zero attached hydrogens (tertiary/aromatic N) is 1. The largest absolute Gasteiger partial charge is 0.346 e. The van der Waals surface area contributed by atoms with Crippen LogP contribution in [0.1, 0.15) is 47.2 Å². The molecule has 2 rings (SSSR count). The van der Waals surface area contributed by atoms with Crippen molar-refractivity contribution >= 4 is 23.2 Å². The second-order valence-electron chi connectivity index (χ2n) is 5.62. The highest BCUT2D eigenvalue weighted by Gasteiger charge is 2.17. The van der Waals surface area contributed by atoms with Crippen LogP contribution >= 0.6 is 11.6 Å². The molecule has 0 bridgehead atoms. The number of benzene rings is 1. The van der Waals surface area contributed by atoms with E-state index < -0.39 is 0 Å². The molecule has 1 amide bonds. The van der Waals surface area contributed by atoms with E-state index >= 15 is 0 Å². The summed E-state index contributed by atoms with van der Waals surface area (Å²) in [6, 6.07) is 7.78. The minimum absolute atomic E-state index is 0.0969. The molecule has 0 radical (unpaired) electrons. The quantitative estimate of drug-likeness (QED) is 0.859. The molecule has 0 atom stereocenters. The van der Waals surface area contributed by atoms with Crippen molar-refractivity contribution in [1.29, 1.82) is 0 Å². The lowest BCUT2D eigenvalue weighted by molar-refractivity contribution is 0.102. The maximum atomic E-state index is 12.5. The van der Waals surface area contributed by atoms with Gasteiger partial charge in [0.25, 0.3) is 5.91 Å². The third-order valence-electron chi connectivity index (χ3n) is 3.76. The van der Waals surface area contributed by atoms with E-state index in [9.17, 15) is 4.79 Å². The van der Waals surface area contributed by atoms with Gasteiger partial charge in [-0.15, -0.1) is 0 Å². The van der Waals surface area contributed by atoms with Crippen molar-refractivity contribution < 1.29 is 4.79 Å².